The predicted octanol–water partition coefficient (Wildman–Crippen LogP) is 2.20. The summed E-state index contributed by atoms with van der Waals surface area (Å²) in [6.45, 7) is 6.87. The Bertz CT molecular complexity index is 521. The third-order valence-electron chi connectivity index (χ3n) is 2.61. The fourth-order valence-corrected chi connectivity index (χ4v) is 2.97. The number of anilines is 1. The summed E-state index contributed by atoms with van der Waals surface area (Å²) in [4.78, 5) is 0. The van der Waals surface area contributed by atoms with Crippen molar-refractivity contribution in [2.45, 2.75) is 27.2 Å². The Morgan fingerprint density at radius 3 is 2.60 bits per heavy atom. The number of sulfonamides is 1. The van der Waals surface area contributed by atoms with Crippen LogP contribution in [0.5, 0.6) is 5.75 Å². The fourth-order valence-electron chi connectivity index (χ4n) is 1.50. The Labute approximate surface area is 121 Å². The summed E-state index contributed by atoms with van der Waals surface area (Å²) in [6.07, 6.45) is 0.603. The highest BCUT2D eigenvalue weighted by Gasteiger charge is 2.17. The molecule has 3 N–H and O–H groups in total. The van der Waals surface area contributed by atoms with Crippen LogP contribution in [-0.2, 0) is 10.0 Å². The van der Waals surface area contributed by atoms with E-state index in [-0.39, 0.29) is 11.2 Å². The van der Waals surface area contributed by atoms with E-state index < -0.39 is 10.0 Å². The molecule has 1 rings (SSSR count). The topological polar surface area (TPSA) is 81.4 Å². The molecule has 0 amide bonds. The number of rotatable bonds is 7. The Kier molecular flexibility index (Phi) is 5.83. The van der Waals surface area contributed by atoms with Gasteiger partial charge in [0.1, 0.15) is 12.4 Å². The summed E-state index contributed by atoms with van der Waals surface area (Å²) in [6, 6.07) is 6.87. The van der Waals surface area contributed by atoms with E-state index in [4.69, 9.17) is 10.5 Å². The largest absolute Gasteiger partial charge is 0.492 e. The first-order chi connectivity index (χ1) is 9.22. The molecule has 0 fully saturated rings. The van der Waals surface area contributed by atoms with Crippen LogP contribution in [0.3, 0.4) is 0 Å². The van der Waals surface area contributed by atoms with Gasteiger partial charge in [-0.2, -0.15) is 0 Å². The minimum Gasteiger partial charge on any atom is -0.492 e. The van der Waals surface area contributed by atoms with Crippen molar-refractivity contribution in [3.05, 3.63) is 24.3 Å². The molecule has 0 spiro atoms. The molecule has 5 nitrogen and oxygen atoms in total. The van der Waals surface area contributed by atoms with Gasteiger partial charge in [0.2, 0.25) is 10.0 Å². The van der Waals surface area contributed by atoms with E-state index in [2.05, 4.69) is 4.72 Å². The van der Waals surface area contributed by atoms with Crippen LogP contribution in [-0.4, -0.2) is 27.3 Å². The standard InChI is InChI=1S/C14H24N2O3S/c1-14(2,3)7-10-20(17,18)16-12-5-4-6-13(11-12)19-9-8-15/h4-6,11,16H,7-10,15H2,1-3H3. The minimum absolute atomic E-state index is 0.0131. The molecule has 0 saturated carbocycles. The molecule has 0 unspecified atom stereocenters. The first-order valence-corrected chi connectivity index (χ1v) is 8.30. The van der Waals surface area contributed by atoms with Crippen molar-refractivity contribution >= 4 is 15.7 Å². The third-order valence-corrected chi connectivity index (χ3v) is 3.90. The van der Waals surface area contributed by atoms with Gasteiger partial charge in [0.25, 0.3) is 0 Å². The number of benzene rings is 1. The van der Waals surface area contributed by atoms with Crippen LogP contribution < -0.4 is 15.2 Å². The van der Waals surface area contributed by atoms with Crippen molar-refractivity contribution in [3.63, 3.8) is 0 Å². The molecular weight excluding hydrogens is 276 g/mol. The third kappa shape index (κ3) is 6.77. The maximum Gasteiger partial charge on any atom is 0.232 e. The van der Waals surface area contributed by atoms with Crippen molar-refractivity contribution in [2.24, 2.45) is 11.1 Å². The second-order valence-electron chi connectivity index (χ2n) is 5.90. The number of hydrogen-bond donors (Lipinski definition) is 2. The molecule has 20 heavy (non-hydrogen) atoms. The van der Waals surface area contributed by atoms with E-state index in [1.165, 1.54) is 0 Å². The molecule has 0 aliphatic rings. The Hall–Kier alpha value is -1.27. The average molecular weight is 300 g/mol. The summed E-state index contributed by atoms with van der Waals surface area (Å²) in [5.41, 5.74) is 5.85. The van der Waals surface area contributed by atoms with Gasteiger partial charge in [-0.05, 0) is 24.0 Å². The minimum atomic E-state index is -3.34. The van der Waals surface area contributed by atoms with Crippen LogP contribution in [0.1, 0.15) is 27.2 Å². The van der Waals surface area contributed by atoms with Gasteiger partial charge in [-0.1, -0.05) is 26.8 Å². The van der Waals surface area contributed by atoms with Crippen LogP contribution >= 0.6 is 0 Å². The second kappa shape index (κ2) is 6.95. The monoisotopic (exact) mass is 300 g/mol. The Balaban J connectivity index is 2.67. The molecule has 0 aliphatic heterocycles. The highest BCUT2D eigenvalue weighted by Crippen LogP contribution is 2.22. The summed E-state index contributed by atoms with van der Waals surface area (Å²) in [5, 5.41) is 0. The van der Waals surface area contributed by atoms with Crippen LogP contribution in [0, 0.1) is 5.41 Å². The van der Waals surface area contributed by atoms with E-state index in [1.54, 1.807) is 24.3 Å². The van der Waals surface area contributed by atoms with Gasteiger partial charge in [0.15, 0.2) is 0 Å². The average Bonchev–Trinajstić information content (AvgIpc) is 2.33. The molecule has 6 heteroatoms. The maximum absolute atomic E-state index is 12.0. The Morgan fingerprint density at radius 2 is 2.00 bits per heavy atom. The van der Waals surface area contributed by atoms with Crippen molar-refractivity contribution in [3.8, 4) is 5.75 Å². The number of nitrogens with one attached hydrogen (secondary N) is 1. The molecule has 1 aromatic rings. The molecule has 0 saturated heterocycles. The van der Waals surface area contributed by atoms with Crippen LogP contribution in [0.15, 0.2) is 24.3 Å². The fraction of sp³-hybridized carbons (Fsp3) is 0.571. The van der Waals surface area contributed by atoms with Crippen LogP contribution in [0.2, 0.25) is 0 Å². The smallest absolute Gasteiger partial charge is 0.232 e. The van der Waals surface area contributed by atoms with E-state index >= 15 is 0 Å². The van der Waals surface area contributed by atoms with Crippen molar-refractivity contribution in [2.75, 3.05) is 23.6 Å². The number of ether oxygens (including phenoxy) is 1. The van der Waals surface area contributed by atoms with E-state index in [1.807, 2.05) is 20.8 Å². The zero-order valence-corrected chi connectivity index (χ0v) is 13.2. The zero-order chi connectivity index (χ0) is 15.2. The lowest BCUT2D eigenvalue weighted by molar-refractivity contribution is 0.328. The van der Waals surface area contributed by atoms with Crippen molar-refractivity contribution in [1.82, 2.24) is 0 Å². The van der Waals surface area contributed by atoms with Gasteiger partial charge in [0, 0.05) is 12.6 Å². The van der Waals surface area contributed by atoms with Crippen LogP contribution in [0.4, 0.5) is 5.69 Å². The van der Waals surface area contributed by atoms with E-state index in [9.17, 15) is 8.42 Å². The lowest BCUT2D eigenvalue weighted by atomic mass is 9.94. The maximum atomic E-state index is 12.0. The molecule has 114 valence electrons. The summed E-state index contributed by atoms with van der Waals surface area (Å²) in [5.74, 6) is 0.705. The first-order valence-electron chi connectivity index (χ1n) is 6.65. The number of nitrogens with two attached hydrogens (primary N) is 1. The lowest BCUT2D eigenvalue weighted by Gasteiger charge is -2.18. The molecule has 0 radical (unpaired) electrons. The molecule has 0 heterocycles. The van der Waals surface area contributed by atoms with Gasteiger partial charge in [-0.3, -0.25) is 4.72 Å². The van der Waals surface area contributed by atoms with Gasteiger partial charge in [-0.25, -0.2) is 8.42 Å². The van der Waals surface area contributed by atoms with Gasteiger partial charge in [-0.15, -0.1) is 0 Å². The molecule has 0 bridgehead atoms. The predicted molar refractivity (Wildman–Crippen MR) is 82.5 cm³/mol. The zero-order valence-electron chi connectivity index (χ0n) is 12.3. The summed E-state index contributed by atoms with van der Waals surface area (Å²) >= 11 is 0. The molecule has 0 aliphatic carbocycles. The molecule has 0 atom stereocenters. The lowest BCUT2D eigenvalue weighted by Crippen LogP contribution is -2.21. The summed E-state index contributed by atoms with van der Waals surface area (Å²) in [7, 11) is -3.34. The highest BCUT2D eigenvalue weighted by atomic mass is 32.2. The quantitative estimate of drug-likeness (QED) is 0.809. The Morgan fingerprint density at radius 1 is 1.30 bits per heavy atom. The summed E-state index contributed by atoms with van der Waals surface area (Å²) < 4.78 is 31.9. The second-order valence-corrected chi connectivity index (χ2v) is 7.74. The van der Waals surface area contributed by atoms with E-state index in [0.717, 1.165) is 0 Å². The van der Waals surface area contributed by atoms with Crippen LogP contribution in [0.25, 0.3) is 0 Å². The number of hydrogen-bond acceptors (Lipinski definition) is 4. The SMILES string of the molecule is CC(C)(C)CCS(=O)(=O)Nc1cccc(OCCN)c1. The van der Waals surface area contributed by atoms with Gasteiger partial charge < -0.3 is 10.5 Å². The van der Waals surface area contributed by atoms with Gasteiger partial charge >= 0.3 is 0 Å². The van der Waals surface area contributed by atoms with E-state index in [0.29, 0.717) is 31.0 Å². The van der Waals surface area contributed by atoms with Crippen molar-refractivity contribution in [1.29, 1.82) is 0 Å². The molecule has 0 aromatic heterocycles. The molecular formula is C14H24N2O3S. The van der Waals surface area contributed by atoms with Crippen molar-refractivity contribution < 1.29 is 13.2 Å². The molecule has 1 aromatic carbocycles. The van der Waals surface area contributed by atoms with Gasteiger partial charge in [0.05, 0.1) is 11.4 Å². The highest BCUT2D eigenvalue weighted by molar-refractivity contribution is 7.92. The normalized spacial score (nSPS) is 12.2. The first kappa shape index (κ1) is 16.8.